The van der Waals surface area contributed by atoms with Crippen LogP contribution in [0.15, 0.2) is 0 Å². The number of hydrogen-bond donors (Lipinski definition) is 2. The van der Waals surface area contributed by atoms with E-state index in [1.807, 2.05) is 0 Å². The van der Waals surface area contributed by atoms with Gasteiger partial charge in [0.2, 0.25) is 15.9 Å². The Morgan fingerprint density at radius 2 is 2.00 bits per heavy atom. The molecule has 0 aromatic rings. The van der Waals surface area contributed by atoms with Crippen molar-refractivity contribution < 1.29 is 21.6 Å². The van der Waals surface area contributed by atoms with Crippen molar-refractivity contribution in [3.8, 4) is 0 Å². The van der Waals surface area contributed by atoms with Crippen LogP contribution < -0.4 is 10.5 Å². The van der Waals surface area contributed by atoms with Crippen LogP contribution in [0.1, 0.15) is 38.5 Å². The van der Waals surface area contributed by atoms with Crippen molar-refractivity contribution in [3.63, 3.8) is 0 Å². The van der Waals surface area contributed by atoms with Crippen LogP contribution in [0, 0.1) is 6.42 Å². The van der Waals surface area contributed by atoms with Gasteiger partial charge in [-0.05, 0) is 51.5 Å². The van der Waals surface area contributed by atoms with Crippen molar-refractivity contribution in [3.05, 3.63) is 6.42 Å². The third kappa shape index (κ3) is 5.05. The van der Waals surface area contributed by atoms with E-state index in [0.29, 0.717) is 25.4 Å². The van der Waals surface area contributed by atoms with E-state index in [9.17, 15) is 21.6 Å². The Morgan fingerprint density at radius 3 is 2.68 bits per heavy atom. The minimum Gasteiger partial charge on any atom is -0.368 e. The van der Waals surface area contributed by atoms with Gasteiger partial charge in [-0.25, -0.2) is 21.6 Å². The van der Waals surface area contributed by atoms with Crippen LogP contribution in [0.2, 0.25) is 0 Å². The molecule has 0 aliphatic carbocycles. The lowest BCUT2D eigenvalue weighted by molar-refractivity contribution is -0.130. The predicted molar refractivity (Wildman–Crippen MR) is 106 cm³/mol. The van der Waals surface area contributed by atoms with Crippen molar-refractivity contribution in [2.24, 2.45) is 5.73 Å². The van der Waals surface area contributed by atoms with Gasteiger partial charge in [0.1, 0.15) is 5.54 Å². The number of nitrogens with one attached hydrogen (secondary N) is 1. The standard InChI is InChI=1S/C17H31N4O5S2/c1-27(23,24)13-28(25,26)19-14-4-3-9-20(12-14)10-11-21-15-5-2-7-17(21,8-6-15)16(18)22/h2,14-15,19H,3-13H2,1H3,(H2,18,22)/t14-,15+,17-/m0/s1. The number of fused-ring (bicyclic) bond motifs is 2. The molecule has 0 unspecified atom stereocenters. The van der Waals surface area contributed by atoms with E-state index in [1.54, 1.807) is 0 Å². The van der Waals surface area contributed by atoms with Crippen molar-refractivity contribution in [2.75, 3.05) is 37.5 Å². The molecule has 9 nitrogen and oxygen atoms in total. The fourth-order valence-electron chi connectivity index (χ4n) is 4.97. The molecule has 28 heavy (non-hydrogen) atoms. The van der Waals surface area contributed by atoms with Gasteiger partial charge < -0.3 is 10.6 Å². The second kappa shape index (κ2) is 8.17. The Hall–Kier alpha value is -0.750. The number of rotatable bonds is 8. The maximum absolute atomic E-state index is 12.1. The summed E-state index contributed by atoms with van der Waals surface area (Å²) >= 11 is 0. The zero-order valence-electron chi connectivity index (χ0n) is 16.3. The maximum atomic E-state index is 12.1. The molecule has 3 N–H and O–H groups in total. The van der Waals surface area contributed by atoms with Crippen molar-refractivity contribution in [1.82, 2.24) is 14.5 Å². The zero-order chi connectivity index (χ0) is 20.6. The summed E-state index contributed by atoms with van der Waals surface area (Å²) in [5, 5.41) is -0.885. The first-order valence-corrected chi connectivity index (χ1v) is 13.5. The molecule has 1 amide bonds. The first kappa shape index (κ1) is 21.9. The summed E-state index contributed by atoms with van der Waals surface area (Å²) in [6.07, 6.45) is 8.07. The first-order valence-electron chi connectivity index (χ1n) is 9.79. The number of likely N-dealkylation sites (tertiary alicyclic amines) is 1. The molecule has 2 bridgehead atoms. The molecule has 3 heterocycles. The molecule has 0 saturated carbocycles. The number of nitrogens with two attached hydrogens (primary N) is 1. The van der Waals surface area contributed by atoms with E-state index < -0.39 is 30.5 Å². The number of carbonyl (C=O) groups excluding carboxylic acids is 1. The molecule has 3 aliphatic heterocycles. The van der Waals surface area contributed by atoms with Crippen LogP contribution in [0.4, 0.5) is 0 Å². The number of nitrogens with zero attached hydrogens (tertiary/aromatic N) is 2. The molecular weight excluding hydrogens is 404 g/mol. The average molecular weight is 436 g/mol. The second-order valence-electron chi connectivity index (χ2n) is 8.43. The van der Waals surface area contributed by atoms with Crippen molar-refractivity contribution >= 4 is 25.8 Å². The van der Waals surface area contributed by atoms with E-state index in [-0.39, 0.29) is 11.9 Å². The Bertz CT molecular complexity index is 796. The van der Waals surface area contributed by atoms with Gasteiger partial charge >= 0.3 is 0 Å². The van der Waals surface area contributed by atoms with Gasteiger partial charge in [-0.2, -0.15) is 0 Å². The summed E-state index contributed by atoms with van der Waals surface area (Å²) < 4.78 is 49.3. The van der Waals surface area contributed by atoms with Crippen LogP contribution in [0.5, 0.6) is 0 Å². The van der Waals surface area contributed by atoms with Gasteiger partial charge in [-0.3, -0.25) is 9.69 Å². The number of sulfone groups is 1. The number of hydrogen-bond acceptors (Lipinski definition) is 7. The molecule has 3 rings (SSSR count). The first-order chi connectivity index (χ1) is 13.0. The van der Waals surface area contributed by atoms with Gasteiger partial charge in [0.15, 0.2) is 14.9 Å². The average Bonchev–Trinajstić information content (AvgIpc) is 2.75. The number of carbonyl (C=O) groups is 1. The molecule has 3 aliphatic rings. The SMILES string of the molecule is CS(=O)(=O)CS(=O)(=O)N[C@H]1CCCN(CCN2[C@@H]3C[CH]C[C@@]2(C(N)=O)CC3)C1. The highest BCUT2D eigenvalue weighted by Gasteiger charge is 2.52. The lowest BCUT2D eigenvalue weighted by atomic mass is 9.87. The van der Waals surface area contributed by atoms with Crippen LogP contribution in [-0.4, -0.2) is 87.7 Å². The minimum atomic E-state index is -3.87. The van der Waals surface area contributed by atoms with Gasteiger partial charge in [0.25, 0.3) is 0 Å². The minimum absolute atomic E-state index is 0.254. The topological polar surface area (TPSA) is 130 Å². The van der Waals surface area contributed by atoms with E-state index in [4.69, 9.17) is 5.73 Å². The third-order valence-electron chi connectivity index (χ3n) is 6.14. The number of sulfonamides is 1. The smallest absolute Gasteiger partial charge is 0.237 e. The Morgan fingerprint density at radius 1 is 1.25 bits per heavy atom. The zero-order valence-corrected chi connectivity index (χ0v) is 18.0. The highest BCUT2D eigenvalue weighted by Crippen LogP contribution is 2.43. The molecule has 0 aromatic heterocycles. The summed E-state index contributed by atoms with van der Waals surface area (Å²) in [5.41, 5.74) is 5.18. The highest BCUT2D eigenvalue weighted by atomic mass is 32.3. The molecule has 11 heteroatoms. The van der Waals surface area contributed by atoms with E-state index in [2.05, 4.69) is 20.9 Å². The Balaban J connectivity index is 1.56. The molecular formula is C17H31N4O5S2. The van der Waals surface area contributed by atoms with Crippen LogP contribution in [0.25, 0.3) is 0 Å². The molecule has 3 fully saturated rings. The van der Waals surface area contributed by atoms with E-state index in [0.717, 1.165) is 51.6 Å². The fraction of sp³-hybridized carbons (Fsp3) is 0.882. The van der Waals surface area contributed by atoms with Crippen LogP contribution in [0.3, 0.4) is 0 Å². The number of primary amides is 1. The fourth-order valence-corrected chi connectivity index (χ4v) is 8.20. The van der Waals surface area contributed by atoms with Crippen molar-refractivity contribution in [2.45, 2.75) is 56.1 Å². The number of piperidine rings is 2. The van der Waals surface area contributed by atoms with Gasteiger partial charge in [-0.1, -0.05) is 0 Å². The van der Waals surface area contributed by atoms with Gasteiger partial charge in [-0.15, -0.1) is 0 Å². The Kier molecular flexibility index (Phi) is 6.41. The monoisotopic (exact) mass is 435 g/mol. The molecule has 0 aromatic carbocycles. The molecule has 3 atom stereocenters. The van der Waals surface area contributed by atoms with E-state index in [1.165, 1.54) is 0 Å². The van der Waals surface area contributed by atoms with E-state index >= 15 is 0 Å². The largest absolute Gasteiger partial charge is 0.368 e. The molecule has 0 spiro atoms. The van der Waals surface area contributed by atoms with Crippen molar-refractivity contribution in [1.29, 1.82) is 0 Å². The van der Waals surface area contributed by atoms with Crippen LogP contribution in [-0.2, 0) is 24.7 Å². The lowest BCUT2D eigenvalue weighted by Crippen LogP contribution is -2.60. The molecule has 3 saturated heterocycles. The highest BCUT2D eigenvalue weighted by molar-refractivity contribution is 8.06. The second-order valence-corrected chi connectivity index (χ2v) is 12.7. The van der Waals surface area contributed by atoms with Gasteiger partial charge in [0, 0.05) is 38.0 Å². The Labute approximate surface area is 168 Å². The quantitative estimate of drug-likeness (QED) is 0.503. The maximum Gasteiger partial charge on any atom is 0.237 e. The normalized spacial score (nSPS) is 32.5. The van der Waals surface area contributed by atoms with Gasteiger partial charge in [0.05, 0.1) is 0 Å². The summed E-state index contributed by atoms with van der Waals surface area (Å²) in [6, 6.07) is 0.0621. The third-order valence-corrected chi connectivity index (χ3v) is 9.79. The summed E-state index contributed by atoms with van der Waals surface area (Å²) in [7, 11) is -7.48. The number of amides is 1. The summed E-state index contributed by atoms with van der Waals surface area (Å²) in [4.78, 5) is 16.6. The predicted octanol–water partition coefficient (Wildman–Crippen LogP) is -0.941. The lowest BCUT2D eigenvalue weighted by Gasteiger charge is -2.44. The summed E-state index contributed by atoms with van der Waals surface area (Å²) in [6.45, 7) is 2.86. The summed E-state index contributed by atoms with van der Waals surface area (Å²) in [5.74, 6) is -0.254. The molecule has 1 radical (unpaired) electrons. The molecule has 161 valence electrons. The van der Waals surface area contributed by atoms with Crippen LogP contribution >= 0.6 is 0 Å².